The average Bonchev–Trinajstić information content (AvgIpc) is 2.76. The smallest absolute Gasteiger partial charge is 0.139 e. The highest BCUT2D eigenvalue weighted by atomic mass is 79.9. The highest BCUT2D eigenvalue weighted by molar-refractivity contribution is 9.09. The Hall–Kier alpha value is 0.150. The van der Waals surface area contributed by atoms with Crippen LogP contribution in [0.4, 0.5) is 0 Å². The number of fused-ring (bicyclic) bond motifs is 5. The van der Waals surface area contributed by atoms with Gasteiger partial charge in [-0.15, -0.1) is 0 Å². The molecule has 0 amide bonds. The molecule has 4 fully saturated rings. The van der Waals surface area contributed by atoms with Gasteiger partial charge in [0.25, 0.3) is 0 Å². The van der Waals surface area contributed by atoms with E-state index in [0.717, 1.165) is 29.0 Å². The van der Waals surface area contributed by atoms with Crippen molar-refractivity contribution in [3.63, 3.8) is 0 Å². The summed E-state index contributed by atoms with van der Waals surface area (Å²) in [5, 5.41) is 0. The zero-order valence-corrected chi connectivity index (χ0v) is 15.1. The molecule has 0 aromatic heterocycles. The summed E-state index contributed by atoms with van der Waals surface area (Å²) in [5.74, 6) is 3.98. The van der Waals surface area contributed by atoms with Crippen LogP contribution in [0.3, 0.4) is 0 Å². The van der Waals surface area contributed by atoms with E-state index < -0.39 is 0 Å². The average molecular weight is 353 g/mol. The van der Waals surface area contributed by atoms with E-state index in [1.807, 2.05) is 0 Å². The maximum Gasteiger partial charge on any atom is 0.139 e. The summed E-state index contributed by atoms with van der Waals surface area (Å²) in [4.78, 5) is 13.2. The van der Waals surface area contributed by atoms with Crippen molar-refractivity contribution in [3.05, 3.63) is 0 Å². The Morgan fingerprint density at radius 1 is 1.00 bits per heavy atom. The van der Waals surface area contributed by atoms with Crippen molar-refractivity contribution in [1.29, 1.82) is 0 Å². The second kappa shape index (κ2) is 4.82. The van der Waals surface area contributed by atoms with E-state index in [1.54, 1.807) is 0 Å². The number of alkyl halides is 1. The van der Waals surface area contributed by atoms with Crippen molar-refractivity contribution in [1.82, 2.24) is 0 Å². The Morgan fingerprint density at radius 3 is 2.62 bits per heavy atom. The van der Waals surface area contributed by atoms with Gasteiger partial charge in [-0.25, -0.2) is 0 Å². The van der Waals surface area contributed by atoms with Crippen LogP contribution in [-0.2, 0) is 4.79 Å². The molecule has 21 heavy (non-hydrogen) atoms. The van der Waals surface area contributed by atoms with Crippen molar-refractivity contribution in [3.8, 4) is 0 Å². The monoisotopic (exact) mass is 352 g/mol. The highest BCUT2D eigenvalue weighted by Gasteiger charge is 2.59. The number of carbonyl (C=O) groups is 1. The second-order valence-corrected chi connectivity index (χ2v) is 10.2. The Labute approximate surface area is 137 Å². The molecular weight excluding hydrogens is 324 g/mol. The van der Waals surface area contributed by atoms with Crippen molar-refractivity contribution >= 4 is 21.7 Å². The standard InChI is InChI=1S/C19H29BrO/c1-18-9-7-13(20)11-12(18)3-4-14-15-5-6-17(21)19(15,2)10-8-16(14)18/h12-16H,3-11H2,1-2H3. The molecule has 118 valence electrons. The molecule has 2 heteroatoms. The lowest BCUT2D eigenvalue weighted by molar-refractivity contribution is -0.138. The lowest BCUT2D eigenvalue weighted by atomic mass is 9.45. The third-order valence-electron chi connectivity index (χ3n) is 8.31. The second-order valence-electron chi connectivity index (χ2n) is 8.95. The van der Waals surface area contributed by atoms with Crippen molar-refractivity contribution in [2.75, 3.05) is 0 Å². The summed E-state index contributed by atoms with van der Waals surface area (Å²) < 4.78 is 0. The van der Waals surface area contributed by atoms with Gasteiger partial charge in [-0.1, -0.05) is 29.8 Å². The van der Waals surface area contributed by atoms with E-state index in [9.17, 15) is 4.79 Å². The van der Waals surface area contributed by atoms with Gasteiger partial charge in [0.1, 0.15) is 5.78 Å². The lowest BCUT2D eigenvalue weighted by Crippen LogP contribution is -2.53. The van der Waals surface area contributed by atoms with Crippen molar-refractivity contribution < 1.29 is 4.79 Å². The summed E-state index contributed by atoms with van der Waals surface area (Å²) in [6.45, 7) is 4.90. The molecule has 0 aromatic rings. The molecule has 0 spiro atoms. The van der Waals surface area contributed by atoms with Crippen LogP contribution < -0.4 is 0 Å². The topological polar surface area (TPSA) is 17.1 Å². The molecule has 0 aliphatic heterocycles. The number of Topliss-reactive ketones (excluding diaryl/α,β-unsaturated/α-hetero) is 1. The first-order valence-electron chi connectivity index (χ1n) is 9.12. The number of ketones is 1. The summed E-state index contributed by atoms with van der Waals surface area (Å²) in [5.41, 5.74) is 0.622. The van der Waals surface area contributed by atoms with E-state index in [0.29, 0.717) is 17.1 Å². The van der Waals surface area contributed by atoms with E-state index in [2.05, 4.69) is 29.8 Å². The number of hydrogen-bond donors (Lipinski definition) is 0. The van der Waals surface area contributed by atoms with Crippen LogP contribution in [0.15, 0.2) is 0 Å². The minimum absolute atomic E-state index is 0.0526. The minimum atomic E-state index is 0.0526. The van der Waals surface area contributed by atoms with Crippen LogP contribution in [0, 0.1) is 34.5 Å². The van der Waals surface area contributed by atoms with Gasteiger partial charge in [-0.05, 0) is 80.5 Å². The van der Waals surface area contributed by atoms with E-state index in [4.69, 9.17) is 0 Å². The molecule has 4 rings (SSSR count). The van der Waals surface area contributed by atoms with Gasteiger partial charge in [0.15, 0.2) is 0 Å². The predicted octanol–water partition coefficient (Wildman–Crippen LogP) is 5.36. The molecule has 0 aromatic carbocycles. The first-order chi connectivity index (χ1) is 9.95. The summed E-state index contributed by atoms with van der Waals surface area (Å²) >= 11 is 3.88. The number of carbonyl (C=O) groups excluding carboxylic acids is 1. The molecule has 4 aliphatic carbocycles. The van der Waals surface area contributed by atoms with Crippen molar-refractivity contribution in [2.45, 2.75) is 76.5 Å². The summed E-state index contributed by atoms with van der Waals surface area (Å²) in [7, 11) is 0. The largest absolute Gasteiger partial charge is 0.299 e. The number of halogens is 1. The normalized spacial score (nSPS) is 56.5. The van der Waals surface area contributed by atoms with Crippen LogP contribution in [0.5, 0.6) is 0 Å². The predicted molar refractivity (Wildman–Crippen MR) is 89.4 cm³/mol. The molecule has 0 N–H and O–H groups in total. The maximum absolute atomic E-state index is 12.4. The van der Waals surface area contributed by atoms with Gasteiger partial charge in [0.05, 0.1) is 0 Å². The van der Waals surface area contributed by atoms with Gasteiger partial charge in [-0.2, -0.15) is 0 Å². The Morgan fingerprint density at radius 2 is 1.81 bits per heavy atom. The molecule has 0 saturated heterocycles. The highest BCUT2D eigenvalue weighted by Crippen LogP contribution is 2.65. The number of rotatable bonds is 0. The Bertz CT molecular complexity index is 460. The summed E-state index contributed by atoms with van der Waals surface area (Å²) in [6, 6.07) is 0. The Balaban J connectivity index is 1.64. The first-order valence-corrected chi connectivity index (χ1v) is 10.0. The molecule has 0 radical (unpaired) electrons. The minimum Gasteiger partial charge on any atom is -0.299 e. The van der Waals surface area contributed by atoms with Crippen LogP contribution in [-0.4, -0.2) is 10.6 Å². The summed E-state index contributed by atoms with van der Waals surface area (Å²) in [6.07, 6.45) is 11.5. The van der Waals surface area contributed by atoms with Crippen LogP contribution in [0.1, 0.15) is 71.6 Å². The van der Waals surface area contributed by atoms with Gasteiger partial charge in [-0.3, -0.25) is 4.79 Å². The van der Waals surface area contributed by atoms with Crippen LogP contribution in [0.25, 0.3) is 0 Å². The molecule has 1 nitrogen and oxygen atoms in total. The van der Waals surface area contributed by atoms with E-state index in [1.165, 1.54) is 51.4 Å². The van der Waals surface area contributed by atoms with Gasteiger partial charge in [0, 0.05) is 16.7 Å². The van der Waals surface area contributed by atoms with E-state index in [-0.39, 0.29) is 5.41 Å². The third-order valence-corrected chi connectivity index (χ3v) is 9.14. The fourth-order valence-electron chi connectivity index (χ4n) is 6.98. The van der Waals surface area contributed by atoms with Crippen LogP contribution >= 0.6 is 15.9 Å². The molecule has 4 aliphatic rings. The molecule has 0 bridgehead atoms. The third kappa shape index (κ3) is 1.96. The SMILES string of the molecule is CC12CCC3C(CCC4CC(Br)CCC43C)C1CCC2=O. The van der Waals surface area contributed by atoms with Crippen molar-refractivity contribution in [2.24, 2.45) is 34.5 Å². The fourth-order valence-corrected chi connectivity index (χ4v) is 7.66. The van der Waals surface area contributed by atoms with Gasteiger partial charge < -0.3 is 0 Å². The maximum atomic E-state index is 12.4. The molecule has 7 atom stereocenters. The van der Waals surface area contributed by atoms with E-state index >= 15 is 0 Å². The molecule has 4 saturated carbocycles. The lowest BCUT2D eigenvalue weighted by Gasteiger charge is -2.60. The molecular formula is C19H29BrO. The molecule has 0 heterocycles. The molecule has 7 unspecified atom stereocenters. The van der Waals surface area contributed by atoms with Crippen LogP contribution in [0.2, 0.25) is 0 Å². The zero-order valence-electron chi connectivity index (χ0n) is 13.5. The number of hydrogen-bond acceptors (Lipinski definition) is 1. The van der Waals surface area contributed by atoms with Gasteiger partial charge in [0.2, 0.25) is 0 Å². The Kier molecular flexibility index (Phi) is 3.38. The van der Waals surface area contributed by atoms with Gasteiger partial charge >= 0.3 is 0 Å². The zero-order chi connectivity index (χ0) is 14.8. The quantitative estimate of drug-likeness (QED) is 0.536. The fraction of sp³-hybridized carbons (Fsp3) is 0.947. The first kappa shape index (κ1) is 14.7.